The van der Waals surface area contributed by atoms with Gasteiger partial charge in [-0.2, -0.15) is 13.2 Å². The van der Waals surface area contributed by atoms with Crippen LogP contribution in [0.4, 0.5) is 24.5 Å². The Bertz CT molecular complexity index is 1150. The summed E-state index contributed by atoms with van der Waals surface area (Å²) in [5, 5.41) is 12.4. The number of carbonyl (C=O) groups is 2. The standard InChI is InChI=1S/C21H22F3N3O5S/c22-21(23,24)14-4-1-5-15(12-14)26-33(31,32)16-7-8-18(17(13-16)20(29)30)25-9-3-11-27-10-2-6-19(27)28/h1,4-5,7-8,12-13,25-26H,2-3,6,9-11H2,(H,29,30). The van der Waals surface area contributed by atoms with E-state index in [1.54, 1.807) is 4.90 Å². The zero-order valence-electron chi connectivity index (χ0n) is 17.4. The Morgan fingerprint density at radius 2 is 1.91 bits per heavy atom. The zero-order valence-corrected chi connectivity index (χ0v) is 18.2. The van der Waals surface area contributed by atoms with Crippen molar-refractivity contribution >= 4 is 33.3 Å². The topological polar surface area (TPSA) is 116 Å². The number of amides is 1. The van der Waals surface area contributed by atoms with Gasteiger partial charge in [0.25, 0.3) is 10.0 Å². The lowest BCUT2D eigenvalue weighted by Crippen LogP contribution is -2.27. The average Bonchev–Trinajstić information content (AvgIpc) is 3.15. The number of carboxylic acid groups (broad SMARTS) is 1. The third-order valence-corrected chi connectivity index (χ3v) is 6.44. The van der Waals surface area contributed by atoms with Gasteiger partial charge in [-0.15, -0.1) is 0 Å². The summed E-state index contributed by atoms with van der Waals surface area (Å²) in [4.78, 5) is 24.6. The maximum Gasteiger partial charge on any atom is 0.416 e. The molecule has 1 aliphatic heterocycles. The highest BCUT2D eigenvalue weighted by Gasteiger charge is 2.31. The number of hydrogen-bond acceptors (Lipinski definition) is 5. The van der Waals surface area contributed by atoms with E-state index in [0.717, 1.165) is 36.8 Å². The van der Waals surface area contributed by atoms with E-state index in [4.69, 9.17) is 0 Å². The molecule has 0 aromatic heterocycles. The van der Waals surface area contributed by atoms with Crippen LogP contribution in [0.3, 0.4) is 0 Å². The second kappa shape index (κ2) is 9.69. The molecular formula is C21H22F3N3O5S. The first-order valence-corrected chi connectivity index (χ1v) is 11.5. The quantitative estimate of drug-likeness (QED) is 0.467. The molecule has 1 amide bonds. The number of benzene rings is 2. The number of anilines is 2. The minimum Gasteiger partial charge on any atom is -0.478 e. The molecule has 0 spiro atoms. The highest BCUT2D eigenvalue weighted by molar-refractivity contribution is 7.92. The lowest BCUT2D eigenvalue weighted by atomic mass is 10.1. The van der Waals surface area contributed by atoms with Crippen LogP contribution in [0.2, 0.25) is 0 Å². The van der Waals surface area contributed by atoms with Crippen molar-refractivity contribution in [2.75, 3.05) is 29.7 Å². The first-order chi connectivity index (χ1) is 15.5. The van der Waals surface area contributed by atoms with Gasteiger partial charge in [0.05, 0.1) is 16.0 Å². The van der Waals surface area contributed by atoms with Crippen LogP contribution < -0.4 is 10.0 Å². The molecular weight excluding hydrogens is 463 g/mol. The molecule has 178 valence electrons. The summed E-state index contributed by atoms with van der Waals surface area (Å²) in [5.41, 5.74) is -1.45. The second-order valence-corrected chi connectivity index (χ2v) is 9.14. The average molecular weight is 485 g/mol. The number of rotatable bonds is 9. The summed E-state index contributed by atoms with van der Waals surface area (Å²) in [6, 6.07) is 7.06. The molecule has 1 heterocycles. The number of alkyl halides is 3. The predicted molar refractivity (Wildman–Crippen MR) is 115 cm³/mol. The van der Waals surface area contributed by atoms with Gasteiger partial charge in [0.15, 0.2) is 0 Å². The highest BCUT2D eigenvalue weighted by Crippen LogP contribution is 2.31. The SMILES string of the molecule is O=C(O)c1cc(S(=O)(=O)Nc2cccc(C(F)(F)F)c2)ccc1NCCCN1CCCC1=O. The molecule has 2 aromatic carbocycles. The van der Waals surface area contributed by atoms with E-state index in [9.17, 15) is 36.3 Å². The fourth-order valence-corrected chi connectivity index (χ4v) is 4.50. The third-order valence-electron chi connectivity index (χ3n) is 5.07. The van der Waals surface area contributed by atoms with Crippen molar-refractivity contribution in [1.29, 1.82) is 0 Å². The van der Waals surface area contributed by atoms with Crippen molar-refractivity contribution in [2.45, 2.75) is 30.3 Å². The van der Waals surface area contributed by atoms with Gasteiger partial charge in [0.2, 0.25) is 5.91 Å². The number of hydrogen-bond donors (Lipinski definition) is 3. The van der Waals surface area contributed by atoms with E-state index in [1.165, 1.54) is 6.07 Å². The minimum absolute atomic E-state index is 0.0871. The van der Waals surface area contributed by atoms with E-state index in [1.807, 2.05) is 4.72 Å². The van der Waals surface area contributed by atoms with Crippen molar-refractivity contribution < 1.29 is 36.3 Å². The number of carboxylic acids is 1. The Morgan fingerprint density at radius 1 is 1.15 bits per heavy atom. The highest BCUT2D eigenvalue weighted by atomic mass is 32.2. The van der Waals surface area contributed by atoms with Gasteiger partial charge < -0.3 is 15.3 Å². The number of carbonyl (C=O) groups excluding carboxylic acids is 1. The Labute approximate surface area is 188 Å². The predicted octanol–water partition coefficient (Wildman–Crippen LogP) is 3.63. The van der Waals surface area contributed by atoms with Gasteiger partial charge in [-0.3, -0.25) is 9.52 Å². The molecule has 1 saturated heterocycles. The fraction of sp³-hybridized carbons (Fsp3) is 0.333. The number of nitrogens with zero attached hydrogens (tertiary/aromatic N) is 1. The molecule has 0 bridgehead atoms. The van der Waals surface area contributed by atoms with Crippen LogP contribution in [0.1, 0.15) is 35.2 Å². The van der Waals surface area contributed by atoms with Gasteiger partial charge in [-0.25, -0.2) is 13.2 Å². The molecule has 3 rings (SSSR count). The monoisotopic (exact) mass is 485 g/mol. The Morgan fingerprint density at radius 3 is 2.55 bits per heavy atom. The first kappa shape index (κ1) is 24.4. The van der Waals surface area contributed by atoms with Crippen LogP contribution in [0, 0.1) is 0 Å². The fourth-order valence-electron chi connectivity index (χ4n) is 3.43. The van der Waals surface area contributed by atoms with E-state index in [0.29, 0.717) is 38.5 Å². The summed E-state index contributed by atoms with van der Waals surface area (Å²) in [5.74, 6) is -1.28. The molecule has 2 aromatic rings. The lowest BCUT2D eigenvalue weighted by molar-refractivity contribution is -0.137. The molecule has 1 aliphatic rings. The third kappa shape index (κ3) is 6.15. The Kier molecular flexibility index (Phi) is 7.15. The summed E-state index contributed by atoms with van der Waals surface area (Å²) in [6.07, 6.45) is -2.73. The van der Waals surface area contributed by atoms with Crippen molar-refractivity contribution in [3.8, 4) is 0 Å². The maximum atomic E-state index is 12.9. The normalized spacial score (nSPS) is 14.4. The molecule has 33 heavy (non-hydrogen) atoms. The molecule has 8 nitrogen and oxygen atoms in total. The Hall–Kier alpha value is -3.28. The zero-order chi connectivity index (χ0) is 24.2. The van der Waals surface area contributed by atoms with E-state index < -0.39 is 32.6 Å². The van der Waals surface area contributed by atoms with Crippen LogP contribution in [0.5, 0.6) is 0 Å². The smallest absolute Gasteiger partial charge is 0.416 e. The summed E-state index contributed by atoms with van der Waals surface area (Å²) >= 11 is 0. The lowest BCUT2D eigenvalue weighted by Gasteiger charge is -2.16. The molecule has 1 fully saturated rings. The molecule has 12 heteroatoms. The van der Waals surface area contributed by atoms with Crippen LogP contribution in [-0.4, -0.2) is 49.9 Å². The Balaban J connectivity index is 1.72. The van der Waals surface area contributed by atoms with Crippen molar-refractivity contribution in [3.05, 3.63) is 53.6 Å². The van der Waals surface area contributed by atoms with Crippen molar-refractivity contribution in [3.63, 3.8) is 0 Å². The van der Waals surface area contributed by atoms with Crippen LogP contribution in [0.15, 0.2) is 47.4 Å². The van der Waals surface area contributed by atoms with E-state index in [2.05, 4.69) is 5.32 Å². The maximum absolute atomic E-state index is 12.9. The van der Waals surface area contributed by atoms with Crippen molar-refractivity contribution in [1.82, 2.24) is 4.90 Å². The summed E-state index contributed by atoms with van der Waals surface area (Å²) in [6.45, 7) is 1.59. The van der Waals surface area contributed by atoms with Crippen LogP contribution in [0.25, 0.3) is 0 Å². The second-order valence-electron chi connectivity index (χ2n) is 7.46. The minimum atomic E-state index is -4.65. The van der Waals surface area contributed by atoms with Crippen LogP contribution in [-0.2, 0) is 21.0 Å². The molecule has 0 unspecified atom stereocenters. The van der Waals surface area contributed by atoms with E-state index in [-0.39, 0.29) is 22.8 Å². The van der Waals surface area contributed by atoms with Crippen LogP contribution >= 0.6 is 0 Å². The van der Waals surface area contributed by atoms with Gasteiger partial charge >= 0.3 is 12.1 Å². The molecule has 0 atom stereocenters. The number of halogens is 3. The van der Waals surface area contributed by atoms with Gasteiger partial charge in [0.1, 0.15) is 0 Å². The number of sulfonamides is 1. The largest absolute Gasteiger partial charge is 0.478 e. The number of aromatic carboxylic acids is 1. The van der Waals surface area contributed by atoms with Gasteiger partial charge in [-0.05, 0) is 49.2 Å². The number of nitrogens with one attached hydrogen (secondary N) is 2. The molecule has 0 saturated carbocycles. The van der Waals surface area contributed by atoms with Gasteiger partial charge in [0, 0.05) is 37.4 Å². The van der Waals surface area contributed by atoms with Crippen molar-refractivity contribution in [2.24, 2.45) is 0 Å². The molecule has 0 radical (unpaired) electrons. The first-order valence-electron chi connectivity index (χ1n) is 10.1. The summed E-state index contributed by atoms with van der Waals surface area (Å²) in [7, 11) is -4.34. The molecule has 3 N–H and O–H groups in total. The van der Waals surface area contributed by atoms with Gasteiger partial charge in [-0.1, -0.05) is 6.07 Å². The summed E-state index contributed by atoms with van der Waals surface area (Å²) < 4.78 is 66.0. The number of likely N-dealkylation sites (tertiary alicyclic amines) is 1. The van der Waals surface area contributed by atoms with E-state index >= 15 is 0 Å². The molecule has 0 aliphatic carbocycles.